The van der Waals surface area contributed by atoms with Gasteiger partial charge >= 0.3 is 12.1 Å². The van der Waals surface area contributed by atoms with Crippen LogP contribution in [-0.2, 0) is 27.4 Å². The molecule has 1 amide bonds. The molecule has 2 aromatic rings. The molecule has 2 N–H and O–H groups in total. The van der Waals surface area contributed by atoms with Gasteiger partial charge in [-0.3, -0.25) is 10.1 Å². The van der Waals surface area contributed by atoms with Gasteiger partial charge in [0.25, 0.3) is 5.69 Å². The van der Waals surface area contributed by atoms with Crippen molar-refractivity contribution >= 4 is 17.7 Å². The number of hydrogen-bond acceptors (Lipinski definition) is 8. The maximum atomic E-state index is 12.5. The zero-order valence-electron chi connectivity index (χ0n) is 18.5. The van der Waals surface area contributed by atoms with E-state index in [-0.39, 0.29) is 18.9 Å². The minimum Gasteiger partial charge on any atom is -0.497 e. The van der Waals surface area contributed by atoms with Gasteiger partial charge in [0.15, 0.2) is 0 Å². The highest BCUT2D eigenvalue weighted by Crippen LogP contribution is 2.13. The summed E-state index contributed by atoms with van der Waals surface area (Å²) in [6, 6.07) is 11.5. The van der Waals surface area contributed by atoms with Crippen LogP contribution >= 0.6 is 0 Å². The van der Waals surface area contributed by atoms with Crippen LogP contribution in [0, 0.1) is 10.1 Å². The number of nitrogens with zero attached hydrogens (tertiary/aromatic N) is 1. The number of rotatable bonds is 12. The second kappa shape index (κ2) is 12.8. The van der Waals surface area contributed by atoms with E-state index in [9.17, 15) is 19.7 Å². The lowest BCUT2D eigenvalue weighted by molar-refractivity contribution is -0.384. The summed E-state index contributed by atoms with van der Waals surface area (Å²) in [5, 5.41) is 16.4. The number of nitro groups is 1. The topological polar surface area (TPSA) is 129 Å². The van der Waals surface area contributed by atoms with Gasteiger partial charge in [-0.15, -0.1) is 0 Å². The lowest BCUT2D eigenvalue weighted by Crippen LogP contribution is -2.53. The molecule has 0 aliphatic heterocycles. The Hall–Kier alpha value is -3.92. The van der Waals surface area contributed by atoms with Gasteiger partial charge in [-0.2, -0.15) is 0 Å². The summed E-state index contributed by atoms with van der Waals surface area (Å²) in [4.78, 5) is 35.0. The number of hydrogen-bond donors (Lipinski definition) is 2. The molecule has 33 heavy (non-hydrogen) atoms. The van der Waals surface area contributed by atoms with Gasteiger partial charge < -0.3 is 24.8 Å². The summed E-state index contributed by atoms with van der Waals surface area (Å²) in [6.07, 6.45) is 0.601. The van der Waals surface area contributed by atoms with Crippen molar-refractivity contribution in [2.45, 2.75) is 32.2 Å². The molecule has 0 aliphatic carbocycles. The van der Waals surface area contributed by atoms with Crippen LogP contribution in [0.2, 0.25) is 0 Å². The van der Waals surface area contributed by atoms with Crippen LogP contribution in [0.1, 0.15) is 18.1 Å². The number of esters is 1. The molecule has 0 radical (unpaired) electrons. The number of carbonyl (C=O) groups excluding carboxylic acids is 2. The number of benzene rings is 2. The van der Waals surface area contributed by atoms with Crippen LogP contribution in [0.25, 0.3) is 0 Å². The van der Waals surface area contributed by atoms with Crippen molar-refractivity contribution < 1.29 is 28.7 Å². The normalized spacial score (nSPS) is 12.2. The number of non-ortho nitro benzene ring substituents is 1. The van der Waals surface area contributed by atoms with Crippen LogP contribution in [-0.4, -0.2) is 42.8 Å². The van der Waals surface area contributed by atoms with Crippen molar-refractivity contribution in [2.24, 2.45) is 0 Å². The van der Waals surface area contributed by atoms with Crippen LogP contribution in [0.15, 0.2) is 61.2 Å². The number of nitrogens with one attached hydrogen (secondary N) is 2. The average Bonchev–Trinajstić information content (AvgIpc) is 2.83. The van der Waals surface area contributed by atoms with Crippen molar-refractivity contribution in [3.63, 3.8) is 0 Å². The molecule has 2 rings (SSSR count). The molecule has 2 aromatic carbocycles. The largest absolute Gasteiger partial charge is 0.497 e. The Kier molecular flexibility index (Phi) is 9.84. The monoisotopic (exact) mass is 457 g/mol. The molecular formula is C23H27N3O7. The van der Waals surface area contributed by atoms with Crippen molar-refractivity contribution in [1.29, 1.82) is 0 Å². The maximum absolute atomic E-state index is 12.5. The quantitative estimate of drug-likeness (QED) is 0.215. The highest BCUT2D eigenvalue weighted by Gasteiger charge is 2.28. The average molecular weight is 457 g/mol. The summed E-state index contributed by atoms with van der Waals surface area (Å²) in [5.74, 6) is 0.0898. The SMILES string of the molecule is C=CCOC(=O)[C@@H](NC(=O)OCc1ccc([N+](=O)[O-])cc1)[C@@H](C)NCc1ccc(OC)cc1. The Morgan fingerprint density at radius 2 is 1.73 bits per heavy atom. The first kappa shape index (κ1) is 25.3. The minimum absolute atomic E-state index is 0.0000554. The van der Waals surface area contributed by atoms with Crippen molar-refractivity contribution in [3.8, 4) is 5.75 Å². The zero-order chi connectivity index (χ0) is 24.2. The highest BCUT2D eigenvalue weighted by molar-refractivity contribution is 5.82. The van der Waals surface area contributed by atoms with Crippen molar-refractivity contribution in [2.75, 3.05) is 13.7 Å². The number of ether oxygens (including phenoxy) is 3. The van der Waals surface area contributed by atoms with Gasteiger partial charge in [0.1, 0.15) is 25.0 Å². The molecule has 2 atom stereocenters. The Morgan fingerprint density at radius 3 is 2.30 bits per heavy atom. The number of carbonyl (C=O) groups is 2. The Labute approximate surface area is 191 Å². The minimum atomic E-state index is -1.02. The van der Waals surface area contributed by atoms with Gasteiger partial charge in [-0.1, -0.05) is 24.8 Å². The fraction of sp³-hybridized carbons (Fsp3) is 0.304. The van der Waals surface area contributed by atoms with Crippen molar-refractivity contribution in [1.82, 2.24) is 10.6 Å². The number of methoxy groups -OCH3 is 1. The van der Waals surface area contributed by atoms with Gasteiger partial charge in [-0.05, 0) is 42.3 Å². The predicted octanol–water partition coefficient (Wildman–Crippen LogP) is 3.11. The summed E-state index contributed by atoms with van der Waals surface area (Å²) < 4.78 is 15.4. The van der Waals surface area contributed by atoms with Crippen LogP contribution in [0.4, 0.5) is 10.5 Å². The van der Waals surface area contributed by atoms with Gasteiger partial charge in [0, 0.05) is 24.7 Å². The summed E-state index contributed by atoms with van der Waals surface area (Å²) in [5.41, 5.74) is 1.46. The molecule has 0 fully saturated rings. The van der Waals surface area contributed by atoms with Gasteiger partial charge in [0.05, 0.1) is 12.0 Å². The second-order valence-corrected chi connectivity index (χ2v) is 7.06. The third kappa shape index (κ3) is 8.26. The van der Waals surface area contributed by atoms with E-state index >= 15 is 0 Å². The number of nitro benzene ring substituents is 1. The molecule has 0 bridgehead atoms. The van der Waals surface area contributed by atoms with E-state index in [1.165, 1.54) is 30.3 Å². The lowest BCUT2D eigenvalue weighted by Gasteiger charge is -2.24. The molecule has 10 nitrogen and oxygen atoms in total. The van der Waals surface area contributed by atoms with E-state index in [0.29, 0.717) is 12.1 Å². The molecule has 0 unspecified atom stereocenters. The van der Waals surface area contributed by atoms with E-state index in [1.807, 2.05) is 24.3 Å². The van der Waals surface area contributed by atoms with Crippen LogP contribution in [0.3, 0.4) is 0 Å². The van der Waals surface area contributed by atoms with E-state index in [4.69, 9.17) is 14.2 Å². The van der Waals surface area contributed by atoms with E-state index in [2.05, 4.69) is 17.2 Å². The zero-order valence-corrected chi connectivity index (χ0v) is 18.5. The fourth-order valence-electron chi connectivity index (χ4n) is 2.79. The molecular weight excluding hydrogens is 430 g/mol. The molecule has 10 heteroatoms. The molecule has 0 heterocycles. The van der Waals surface area contributed by atoms with E-state index in [0.717, 1.165) is 11.3 Å². The van der Waals surface area contributed by atoms with E-state index in [1.54, 1.807) is 14.0 Å². The van der Waals surface area contributed by atoms with Crippen LogP contribution < -0.4 is 15.4 Å². The fourth-order valence-corrected chi connectivity index (χ4v) is 2.79. The Morgan fingerprint density at radius 1 is 1.09 bits per heavy atom. The maximum Gasteiger partial charge on any atom is 0.408 e. The molecule has 0 saturated carbocycles. The summed E-state index contributed by atoms with van der Waals surface area (Å²) in [7, 11) is 1.58. The first-order chi connectivity index (χ1) is 15.8. The number of amides is 1. The highest BCUT2D eigenvalue weighted by atomic mass is 16.6. The van der Waals surface area contributed by atoms with Crippen LogP contribution in [0.5, 0.6) is 5.75 Å². The van der Waals surface area contributed by atoms with Gasteiger partial charge in [-0.25, -0.2) is 9.59 Å². The van der Waals surface area contributed by atoms with Crippen molar-refractivity contribution in [3.05, 3.63) is 82.4 Å². The number of alkyl carbamates (subject to hydrolysis) is 1. The molecule has 0 aromatic heterocycles. The summed E-state index contributed by atoms with van der Waals surface area (Å²) in [6.45, 7) is 5.57. The second-order valence-electron chi connectivity index (χ2n) is 7.06. The first-order valence-electron chi connectivity index (χ1n) is 10.1. The molecule has 176 valence electrons. The lowest BCUT2D eigenvalue weighted by atomic mass is 10.1. The Balaban J connectivity index is 1.96. The summed E-state index contributed by atoms with van der Waals surface area (Å²) >= 11 is 0. The van der Waals surface area contributed by atoms with Gasteiger partial charge in [0.2, 0.25) is 0 Å². The smallest absolute Gasteiger partial charge is 0.408 e. The molecule has 0 saturated heterocycles. The molecule has 0 aliphatic rings. The Bertz CT molecular complexity index is 946. The predicted molar refractivity (Wildman–Crippen MR) is 121 cm³/mol. The van der Waals surface area contributed by atoms with E-state index < -0.39 is 29.1 Å². The third-order valence-corrected chi connectivity index (χ3v) is 4.68. The first-order valence-corrected chi connectivity index (χ1v) is 10.1. The third-order valence-electron chi connectivity index (χ3n) is 4.68. The molecule has 0 spiro atoms. The standard InChI is InChI=1S/C23H27N3O7/c1-4-13-32-22(27)21(16(2)24-14-17-7-11-20(31-3)12-8-17)25-23(28)33-15-18-5-9-19(10-6-18)26(29)30/h4-12,16,21,24H,1,13-15H2,2-3H3,(H,25,28)/t16-,21+/m1/s1.